The normalized spacial score (nSPS) is 14.5. The summed E-state index contributed by atoms with van der Waals surface area (Å²) >= 11 is 0. The van der Waals surface area contributed by atoms with Crippen molar-refractivity contribution in [3.8, 4) is 11.4 Å². The topological polar surface area (TPSA) is 155 Å². The summed E-state index contributed by atoms with van der Waals surface area (Å²) < 4.78 is 20.0. The van der Waals surface area contributed by atoms with E-state index >= 15 is 0 Å². The molecule has 1 saturated heterocycles. The third-order valence-corrected chi connectivity index (χ3v) is 6.58. The monoisotopic (exact) mass is 518 g/mol. The van der Waals surface area contributed by atoms with Gasteiger partial charge in [-0.25, -0.2) is 4.39 Å². The summed E-state index contributed by atoms with van der Waals surface area (Å²) in [4.78, 5) is 60.3. The summed E-state index contributed by atoms with van der Waals surface area (Å²) in [5.74, 6) is -3.96. The first-order valence-electron chi connectivity index (χ1n) is 11.9. The average molecular weight is 519 g/mol. The number of ketones is 1. The van der Waals surface area contributed by atoms with Crippen LogP contribution in [0.3, 0.4) is 0 Å². The zero-order valence-corrected chi connectivity index (χ0v) is 20.3. The first kappa shape index (κ1) is 24.8. The molecule has 0 spiro atoms. The molecule has 1 aliphatic heterocycles. The van der Waals surface area contributed by atoms with Crippen LogP contribution in [-0.2, 0) is 9.59 Å². The lowest BCUT2D eigenvalue weighted by Gasteiger charge is -2.34. The van der Waals surface area contributed by atoms with E-state index in [-0.39, 0.29) is 60.3 Å². The van der Waals surface area contributed by atoms with Crippen molar-refractivity contribution in [3.63, 3.8) is 0 Å². The molecule has 5 rings (SSSR count). The molecule has 1 fully saturated rings. The summed E-state index contributed by atoms with van der Waals surface area (Å²) in [5.41, 5.74) is 6.20. The fraction of sp³-hybridized carbons (Fsp3) is 0.231. The number of carbonyl (C=O) groups excluding carboxylic acids is 4. The number of fused-ring (bicyclic) bond motifs is 1. The largest absolute Gasteiger partial charge is 0.369 e. The number of Topliss-reactive ketones (excluding diaryl/α,β-unsaturated/α-hetero) is 1. The second-order valence-electron chi connectivity index (χ2n) is 8.91. The van der Waals surface area contributed by atoms with Gasteiger partial charge in [-0.3, -0.25) is 19.2 Å². The Labute approximate surface area is 215 Å². The van der Waals surface area contributed by atoms with E-state index in [0.717, 1.165) is 6.07 Å². The smallest absolute Gasteiger partial charge is 0.295 e. The standard InChI is InChI=1S/C26H23FN6O5/c1-14(22(28)35)24-30-23(31-38-24)16-7-8-18(27)19-17(13-29-20(16)19)21(34)26(37)33-11-9-32(10-12-33)25(36)15-5-3-2-4-6-15/h2-8,13-14,29H,9-12H2,1H3,(H2,28,35). The number of nitrogens with two attached hydrogens (primary N) is 1. The van der Waals surface area contributed by atoms with Crippen molar-refractivity contribution in [2.45, 2.75) is 12.8 Å². The fourth-order valence-electron chi connectivity index (χ4n) is 4.35. The van der Waals surface area contributed by atoms with Crippen LogP contribution in [0.5, 0.6) is 0 Å². The maximum atomic E-state index is 14.9. The number of hydrogen-bond donors (Lipinski definition) is 2. The van der Waals surface area contributed by atoms with Gasteiger partial charge in [-0.2, -0.15) is 4.98 Å². The zero-order valence-electron chi connectivity index (χ0n) is 20.3. The summed E-state index contributed by atoms with van der Waals surface area (Å²) in [6.07, 6.45) is 1.26. The highest BCUT2D eigenvalue weighted by molar-refractivity contribution is 6.45. The number of aromatic amines is 1. The van der Waals surface area contributed by atoms with Gasteiger partial charge in [0.1, 0.15) is 11.7 Å². The van der Waals surface area contributed by atoms with Crippen LogP contribution in [0.25, 0.3) is 22.3 Å². The molecule has 38 heavy (non-hydrogen) atoms. The predicted molar refractivity (Wildman–Crippen MR) is 132 cm³/mol. The average Bonchev–Trinajstić information content (AvgIpc) is 3.61. The van der Waals surface area contributed by atoms with Crippen LogP contribution in [0, 0.1) is 5.82 Å². The number of halogens is 1. The quantitative estimate of drug-likeness (QED) is 0.292. The van der Waals surface area contributed by atoms with Gasteiger partial charge in [-0.15, -0.1) is 0 Å². The van der Waals surface area contributed by atoms with Gasteiger partial charge in [-0.05, 0) is 31.2 Å². The van der Waals surface area contributed by atoms with Gasteiger partial charge in [0.05, 0.1) is 11.1 Å². The molecule has 0 aliphatic carbocycles. The number of H-pyrrole nitrogens is 1. The Bertz CT molecular complexity index is 1550. The Kier molecular flexibility index (Phi) is 6.45. The Balaban J connectivity index is 1.35. The lowest BCUT2D eigenvalue weighted by atomic mass is 10.0. The first-order chi connectivity index (χ1) is 18.3. The molecule has 0 radical (unpaired) electrons. The van der Waals surface area contributed by atoms with Gasteiger partial charge in [-0.1, -0.05) is 23.4 Å². The van der Waals surface area contributed by atoms with E-state index in [0.29, 0.717) is 11.1 Å². The summed E-state index contributed by atoms with van der Waals surface area (Å²) in [5, 5.41) is 3.76. The lowest BCUT2D eigenvalue weighted by molar-refractivity contribution is -0.127. The van der Waals surface area contributed by atoms with Crippen molar-refractivity contribution in [2.75, 3.05) is 26.2 Å². The number of nitrogens with zero attached hydrogens (tertiary/aromatic N) is 4. The maximum absolute atomic E-state index is 14.9. The van der Waals surface area contributed by atoms with Crippen LogP contribution in [-0.4, -0.2) is 74.6 Å². The SMILES string of the molecule is CC(C(N)=O)c1nc(-c2ccc(F)c3c(C(=O)C(=O)N4CCN(C(=O)c5ccccc5)CC4)c[nH]c23)no1. The summed E-state index contributed by atoms with van der Waals surface area (Å²) in [6.45, 7) is 2.38. The first-order valence-corrected chi connectivity index (χ1v) is 11.9. The van der Waals surface area contributed by atoms with E-state index in [1.165, 1.54) is 24.1 Å². The van der Waals surface area contributed by atoms with Gasteiger partial charge >= 0.3 is 0 Å². The minimum atomic E-state index is -0.883. The Hall–Kier alpha value is -4.87. The molecule has 1 aliphatic rings. The molecule has 3 N–H and O–H groups in total. The molecule has 4 aromatic rings. The Morgan fingerprint density at radius 3 is 2.39 bits per heavy atom. The van der Waals surface area contributed by atoms with Crippen LogP contribution in [0.4, 0.5) is 4.39 Å². The number of aromatic nitrogens is 3. The second kappa shape index (κ2) is 9.88. The molecule has 11 nitrogen and oxygen atoms in total. The van der Waals surface area contributed by atoms with Crippen molar-refractivity contribution >= 4 is 34.4 Å². The molecule has 3 amide bonds. The van der Waals surface area contributed by atoms with Crippen LogP contribution in [0.1, 0.15) is 39.4 Å². The minimum absolute atomic E-state index is 0.00658. The van der Waals surface area contributed by atoms with E-state index in [1.807, 2.05) is 6.07 Å². The van der Waals surface area contributed by atoms with Crippen molar-refractivity contribution < 1.29 is 28.1 Å². The third-order valence-electron chi connectivity index (χ3n) is 6.58. The van der Waals surface area contributed by atoms with Crippen molar-refractivity contribution in [2.24, 2.45) is 5.73 Å². The predicted octanol–water partition coefficient (Wildman–Crippen LogP) is 2.11. The molecule has 2 aromatic heterocycles. The lowest BCUT2D eigenvalue weighted by Crippen LogP contribution is -2.52. The number of nitrogens with one attached hydrogen (secondary N) is 1. The molecule has 1 atom stereocenters. The Morgan fingerprint density at radius 1 is 1.03 bits per heavy atom. The van der Waals surface area contributed by atoms with E-state index in [9.17, 15) is 23.6 Å². The number of primary amides is 1. The zero-order chi connectivity index (χ0) is 27.0. The number of piperazine rings is 1. The van der Waals surface area contributed by atoms with Crippen molar-refractivity contribution in [3.05, 3.63) is 71.5 Å². The number of benzene rings is 2. The molecular formula is C26H23FN6O5. The van der Waals surface area contributed by atoms with Crippen LogP contribution >= 0.6 is 0 Å². The molecule has 2 aromatic carbocycles. The van der Waals surface area contributed by atoms with Crippen molar-refractivity contribution in [1.29, 1.82) is 0 Å². The van der Waals surface area contributed by atoms with Crippen molar-refractivity contribution in [1.82, 2.24) is 24.9 Å². The second-order valence-corrected chi connectivity index (χ2v) is 8.91. The van der Waals surface area contributed by atoms with Gasteiger partial charge in [0.15, 0.2) is 0 Å². The van der Waals surface area contributed by atoms with E-state index in [2.05, 4.69) is 15.1 Å². The highest BCUT2D eigenvalue weighted by Crippen LogP contribution is 2.31. The fourth-order valence-corrected chi connectivity index (χ4v) is 4.35. The molecular weight excluding hydrogens is 495 g/mol. The van der Waals surface area contributed by atoms with Gasteiger partial charge < -0.3 is 25.0 Å². The third kappa shape index (κ3) is 4.40. The molecule has 12 heteroatoms. The molecule has 194 valence electrons. The number of carbonyl (C=O) groups is 4. The maximum Gasteiger partial charge on any atom is 0.295 e. The summed E-state index contributed by atoms with van der Waals surface area (Å²) in [6, 6.07) is 11.3. The van der Waals surface area contributed by atoms with Crippen LogP contribution in [0.15, 0.2) is 53.2 Å². The number of rotatable bonds is 6. The highest BCUT2D eigenvalue weighted by atomic mass is 19.1. The van der Waals surface area contributed by atoms with E-state index < -0.39 is 29.3 Å². The van der Waals surface area contributed by atoms with Gasteiger partial charge in [0, 0.05) is 48.9 Å². The number of hydrogen-bond acceptors (Lipinski definition) is 7. The number of amides is 3. The molecule has 0 saturated carbocycles. The van der Waals surface area contributed by atoms with Crippen LogP contribution < -0.4 is 5.73 Å². The minimum Gasteiger partial charge on any atom is -0.369 e. The molecule has 0 bridgehead atoms. The van der Waals surface area contributed by atoms with Gasteiger partial charge in [0.2, 0.25) is 17.6 Å². The van der Waals surface area contributed by atoms with Gasteiger partial charge in [0.25, 0.3) is 17.6 Å². The molecule has 3 heterocycles. The van der Waals surface area contributed by atoms with Crippen LogP contribution in [0.2, 0.25) is 0 Å². The van der Waals surface area contributed by atoms with E-state index in [1.54, 1.807) is 29.2 Å². The van der Waals surface area contributed by atoms with E-state index in [4.69, 9.17) is 10.3 Å². The summed E-state index contributed by atoms with van der Waals surface area (Å²) in [7, 11) is 0. The molecule has 1 unspecified atom stereocenters. The Morgan fingerprint density at radius 2 is 1.71 bits per heavy atom. The highest BCUT2D eigenvalue weighted by Gasteiger charge is 2.31.